The van der Waals surface area contributed by atoms with Gasteiger partial charge in [0.15, 0.2) is 5.69 Å². The molecule has 0 saturated heterocycles. The summed E-state index contributed by atoms with van der Waals surface area (Å²) >= 11 is 0. The summed E-state index contributed by atoms with van der Waals surface area (Å²) in [5.74, 6) is 1.33. The summed E-state index contributed by atoms with van der Waals surface area (Å²) in [7, 11) is 1.57. The zero-order valence-corrected chi connectivity index (χ0v) is 9.23. The molecule has 0 aliphatic heterocycles. The standard InChI is InChI=1S/C11H13N3O2/c1-3-16-9-6-4-8(5-7-9)10-11(15-2)13-14-12-10/h4-7H,3H2,1-2H3,(H,12,13,14). The molecule has 84 valence electrons. The molecule has 0 bridgehead atoms. The van der Waals surface area contributed by atoms with Crippen molar-refractivity contribution >= 4 is 0 Å². The molecule has 0 fully saturated rings. The largest absolute Gasteiger partial charge is 0.494 e. The number of hydrogen-bond acceptors (Lipinski definition) is 4. The van der Waals surface area contributed by atoms with Crippen LogP contribution in [0, 0.1) is 0 Å². The Bertz CT molecular complexity index is 451. The molecule has 5 heteroatoms. The van der Waals surface area contributed by atoms with Crippen molar-refractivity contribution in [1.29, 1.82) is 0 Å². The van der Waals surface area contributed by atoms with Crippen molar-refractivity contribution in [3.63, 3.8) is 0 Å². The fraction of sp³-hybridized carbons (Fsp3) is 0.273. The average Bonchev–Trinajstić information content (AvgIpc) is 2.78. The van der Waals surface area contributed by atoms with Crippen LogP contribution in [0.5, 0.6) is 11.6 Å². The van der Waals surface area contributed by atoms with Gasteiger partial charge in [-0.25, -0.2) is 0 Å². The number of methoxy groups -OCH3 is 1. The van der Waals surface area contributed by atoms with E-state index in [4.69, 9.17) is 9.47 Å². The smallest absolute Gasteiger partial charge is 0.261 e. The SMILES string of the molecule is CCOc1ccc(-c2n[nH]nc2OC)cc1. The first-order chi connectivity index (χ1) is 7.85. The van der Waals surface area contributed by atoms with Gasteiger partial charge in [0.25, 0.3) is 5.88 Å². The van der Waals surface area contributed by atoms with Crippen LogP contribution in [0.2, 0.25) is 0 Å². The van der Waals surface area contributed by atoms with E-state index in [-0.39, 0.29) is 0 Å². The van der Waals surface area contributed by atoms with Crippen molar-refractivity contribution in [2.45, 2.75) is 6.92 Å². The van der Waals surface area contributed by atoms with Gasteiger partial charge < -0.3 is 9.47 Å². The molecule has 5 nitrogen and oxygen atoms in total. The van der Waals surface area contributed by atoms with Gasteiger partial charge in [-0.3, -0.25) is 0 Å². The van der Waals surface area contributed by atoms with Gasteiger partial charge in [0.1, 0.15) is 5.75 Å². The van der Waals surface area contributed by atoms with Crippen molar-refractivity contribution in [3.05, 3.63) is 24.3 Å². The zero-order valence-electron chi connectivity index (χ0n) is 9.23. The second kappa shape index (κ2) is 4.65. The maximum absolute atomic E-state index is 5.36. The topological polar surface area (TPSA) is 60.0 Å². The van der Waals surface area contributed by atoms with Gasteiger partial charge in [0.05, 0.1) is 13.7 Å². The van der Waals surface area contributed by atoms with Gasteiger partial charge in [0.2, 0.25) is 0 Å². The van der Waals surface area contributed by atoms with Crippen LogP contribution in [0.15, 0.2) is 24.3 Å². The molecule has 0 atom stereocenters. The summed E-state index contributed by atoms with van der Waals surface area (Å²) in [4.78, 5) is 0. The summed E-state index contributed by atoms with van der Waals surface area (Å²) in [5.41, 5.74) is 1.64. The fourth-order valence-electron chi connectivity index (χ4n) is 1.43. The van der Waals surface area contributed by atoms with Crippen molar-refractivity contribution in [1.82, 2.24) is 15.4 Å². The molecule has 16 heavy (non-hydrogen) atoms. The Balaban J connectivity index is 2.27. The van der Waals surface area contributed by atoms with Gasteiger partial charge in [-0.15, -0.1) is 5.10 Å². The fourth-order valence-corrected chi connectivity index (χ4v) is 1.43. The van der Waals surface area contributed by atoms with Crippen LogP contribution in [0.1, 0.15) is 6.92 Å². The number of ether oxygens (including phenoxy) is 2. The minimum absolute atomic E-state index is 0.490. The molecule has 0 amide bonds. The monoisotopic (exact) mass is 219 g/mol. The Kier molecular flexibility index (Phi) is 3.05. The number of nitrogens with zero attached hydrogens (tertiary/aromatic N) is 2. The minimum Gasteiger partial charge on any atom is -0.494 e. The number of hydrogen-bond donors (Lipinski definition) is 1. The molecule has 1 aromatic heterocycles. The van der Waals surface area contributed by atoms with Crippen LogP contribution >= 0.6 is 0 Å². The number of nitrogens with one attached hydrogen (secondary N) is 1. The molecule has 2 aromatic rings. The normalized spacial score (nSPS) is 10.1. The molecule has 0 unspecified atom stereocenters. The zero-order chi connectivity index (χ0) is 11.4. The summed E-state index contributed by atoms with van der Waals surface area (Å²) in [6.45, 7) is 2.61. The predicted octanol–water partition coefficient (Wildman–Crippen LogP) is 1.88. The molecule has 0 aliphatic rings. The lowest BCUT2D eigenvalue weighted by Crippen LogP contribution is -1.91. The first-order valence-corrected chi connectivity index (χ1v) is 5.03. The van der Waals surface area contributed by atoms with Crippen LogP contribution in [-0.2, 0) is 0 Å². The second-order valence-electron chi connectivity index (χ2n) is 3.14. The Morgan fingerprint density at radius 2 is 1.94 bits per heavy atom. The maximum atomic E-state index is 5.36. The van der Waals surface area contributed by atoms with E-state index in [0.29, 0.717) is 18.2 Å². The molecule has 0 radical (unpaired) electrons. The molecule has 0 aliphatic carbocycles. The highest BCUT2D eigenvalue weighted by Crippen LogP contribution is 2.26. The van der Waals surface area contributed by atoms with Crippen LogP contribution < -0.4 is 9.47 Å². The number of aromatic nitrogens is 3. The van der Waals surface area contributed by atoms with Crippen LogP contribution in [0.3, 0.4) is 0 Å². The molecule has 2 rings (SSSR count). The third-order valence-electron chi connectivity index (χ3n) is 2.15. The number of benzene rings is 1. The highest BCUT2D eigenvalue weighted by Gasteiger charge is 2.10. The Morgan fingerprint density at radius 3 is 2.56 bits per heavy atom. The highest BCUT2D eigenvalue weighted by molar-refractivity contribution is 5.64. The maximum Gasteiger partial charge on any atom is 0.261 e. The van der Waals surface area contributed by atoms with E-state index in [9.17, 15) is 0 Å². The second-order valence-corrected chi connectivity index (χ2v) is 3.14. The lowest BCUT2D eigenvalue weighted by atomic mass is 10.1. The van der Waals surface area contributed by atoms with Crippen molar-refractivity contribution in [2.75, 3.05) is 13.7 Å². The van der Waals surface area contributed by atoms with Gasteiger partial charge in [-0.05, 0) is 31.2 Å². The minimum atomic E-state index is 0.490. The van der Waals surface area contributed by atoms with E-state index in [2.05, 4.69) is 15.4 Å². The highest BCUT2D eigenvalue weighted by atomic mass is 16.5. The van der Waals surface area contributed by atoms with E-state index >= 15 is 0 Å². The Hall–Kier alpha value is -2.04. The summed E-state index contributed by atoms with van der Waals surface area (Å²) < 4.78 is 10.4. The number of aromatic amines is 1. The lowest BCUT2D eigenvalue weighted by Gasteiger charge is -2.03. The molecule has 0 spiro atoms. The van der Waals surface area contributed by atoms with Crippen LogP contribution in [0.4, 0.5) is 0 Å². The molecule has 1 aromatic carbocycles. The van der Waals surface area contributed by atoms with E-state index in [1.165, 1.54) is 0 Å². The van der Waals surface area contributed by atoms with E-state index in [1.807, 2.05) is 31.2 Å². The molecular weight excluding hydrogens is 206 g/mol. The van der Waals surface area contributed by atoms with Crippen LogP contribution in [0.25, 0.3) is 11.3 Å². The lowest BCUT2D eigenvalue weighted by molar-refractivity contribution is 0.340. The third kappa shape index (κ3) is 1.98. The first kappa shape index (κ1) is 10.5. The van der Waals surface area contributed by atoms with Gasteiger partial charge in [-0.1, -0.05) is 0 Å². The van der Waals surface area contributed by atoms with E-state index < -0.39 is 0 Å². The average molecular weight is 219 g/mol. The van der Waals surface area contributed by atoms with Crippen LogP contribution in [-0.4, -0.2) is 29.1 Å². The number of rotatable bonds is 4. The summed E-state index contributed by atoms with van der Waals surface area (Å²) in [5, 5.41) is 10.4. The number of H-pyrrole nitrogens is 1. The van der Waals surface area contributed by atoms with Crippen molar-refractivity contribution in [2.24, 2.45) is 0 Å². The summed E-state index contributed by atoms with van der Waals surface area (Å²) in [6.07, 6.45) is 0. The van der Waals surface area contributed by atoms with Crippen molar-refractivity contribution < 1.29 is 9.47 Å². The molecule has 1 heterocycles. The van der Waals surface area contributed by atoms with Gasteiger partial charge in [-0.2, -0.15) is 10.3 Å². The molecular formula is C11H13N3O2. The summed E-state index contributed by atoms with van der Waals surface area (Å²) in [6, 6.07) is 7.64. The Labute approximate surface area is 93.4 Å². The Morgan fingerprint density at radius 1 is 1.19 bits per heavy atom. The van der Waals surface area contributed by atoms with Gasteiger partial charge >= 0.3 is 0 Å². The van der Waals surface area contributed by atoms with Crippen molar-refractivity contribution in [3.8, 4) is 22.9 Å². The van der Waals surface area contributed by atoms with E-state index in [0.717, 1.165) is 11.3 Å². The predicted molar refractivity (Wildman–Crippen MR) is 59.5 cm³/mol. The van der Waals surface area contributed by atoms with Gasteiger partial charge in [0, 0.05) is 5.56 Å². The first-order valence-electron chi connectivity index (χ1n) is 5.03. The van der Waals surface area contributed by atoms with E-state index in [1.54, 1.807) is 7.11 Å². The third-order valence-corrected chi connectivity index (χ3v) is 2.15. The molecule has 0 saturated carbocycles. The molecule has 1 N–H and O–H groups in total. The quantitative estimate of drug-likeness (QED) is 0.852.